The van der Waals surface area contributed by atoms with Gasteiger partial charge in [-0.05, 0) is 55.7 Å². The highest BCUT2D eigenvalue weighted by molar-refractivity contribution is 6.12. The van der Waals surface area contributed by atoms with Crippen LogP contribution in [0.25, 0.3) is 0 Å². The SMILES string of the molecule is CC(=O)OCc1ccc(NC(=O)[C@H](CCCNC(N)=O)NC(=O)[C@@H](CCC(=O)CCCCCN2C(=O)C=CC2=O)C(C)C)cc1. The number of Topliss-reactive ketones (excluding diaryl/α,β-unsaturated/α-hetero) is 1. The molecule has 1 aromatic rings. The normalized spacial score (nSPS) is 13.8. The molecular weight excluding hydrogens is 582 g/mol. The lowest BCUT2D eigenvalue weighted by Crippen LogP contribution is -2.47. The Morgan fingerprint density at radius 3 is 2.13 bits per heavy atom. The number of urea groups is 1. The molecule has 0 aromatic heterocycles. The first-order valence-corrected chi connectivity index (χ1v) is 15.3. The number of carbonyl (C=O) groups excluding carboxylic acids is 7. The molecule has 5 N–H and O–H groups in total. The van der Waals surface area contributed by atoms with E-state index in [2.05, 4.69) is 16.0 Å². The Labute approximate surface area is 263 Å². The molecule has 0 bridgehead atoms. The molecule has 13 heteroatoms. The number of benzene rings is 1. The highest BCUT2D eigenvalue weighted by atomic mass is 16.5. The molecule has 13 nitrogen and oxygen atoms in total. The highest BCUT2D eigenvalue weighted by Crippen LogP contribution is 2.20. The standard InChI is InChI=1S/C32H45N5O8/c1-21(2)26(15-14-25(39)8-5-4-6-19-37-28(40)16-17-29(37)41)30(42)36-27(9-7-18-34-32(33)44)31(43)35-24-12-10-23(11-13-24)20-45-22(3)38/h10-13,16-17,21,26-27H,4-9,14-15,18-20H2,1-3H3,(H,35,43)(H,36,42)(H3,33,34,44)/t26-,27-/m0/s1. The zero-order chi connectivity index (χ0) is 33.4. The van der Waals surface area contributed by atoms with Gasteiger partial charge in [-0.25, -0.2) is 4.79 Å². The van der Waals surface area contributed by atoms with Gasteiger partial charge in [0.25, 0.3) is 11.8 Å². The van der Waals surface area contributed by atoms with Crippen LogP contribution >= 0.6 is 0 Å². The van der Waals surface area contributed by atoms with Crippen LogP contribution in [-0.2, 0) is 40.1 Å². The molecule has 0 fully saturated rings. The molecular formula is C32H45N5O8. The third-order valence-corrected chi connectivity index (χ3v) is 7.38. The summed E-state index contributed by atoms with van der Waals surface area (Å²) >= 11 is 0. The summed E-state index contributed by atoms with van der Waals surface area (Å²) in [6, 6.07) is 5.15. The summed E-state index contributed by atoms with van der Waals surface area (Å²) in [7, 11) is 0. The number of esters is 1. The second-order valence-corrected chi connectivity index (χ2v) is 11.4. The molecule has 0 saturated carbocycles. The first-order chi connectivity index (χ1) is 21.4. The van der Waals surface area contributed by atoms with Gasteiger partial charge in [-0.2, -0.15) is 0 Å². The van der Waals surface area contributed by atoms with Gasteiger partial charge >= 0.3 is 12.0 Å². The number of unbranched alkanes of at least 4 members (excludes halogenated alkanes) is 2. The number of ketones is 1. The minimum Gasteiger partial charge on any atom is -0.461 e. The van der Waals surface area contributed by atoms with E-state index < -0.39 is 29.9 Å². The number of primary amides is 1. The number of anilines is 1. The van der Waals surface area contributed by atoms with Crippen LogP contribution in [0.4, 0.5) is 10.5 Å². The summed E-state index contributed by atoms with van der Waals surface area (Å²) in [5.74, 6) is -2.40. The average Bonchev–Trinajstić information content (AvgIpc) is 3.30. The van der Waals surface area contributed by atoms with Gasteiger partial charge in [-0.1, -0.05) is 32.4 Å². The molecule has 0 radical (unpaired) electrons. The van der Waals surface area contributed by atoms with E-state index in [9.17, 15) is 33.6 Å². The zero-order valence-electron chi connectivity index (χ0n) is 26.3. The molecule has 1 heterocycles. The number of carbonyl (C=O) groups is 7. The molecule has 2 rings (SSSR count). The van der Waals surface area contributed by atoms with Crippen molar-refractivity contribution in [2.45, 2.75) is 84.8 Å². The van der Waals surface area contributed by atoms with Crippen LogP contribution < -0.4 is 21.7 Å². The molecule has 2 atom stereocenters. The molecule has 1 aliphatic heterocycles. The predicted octanol–water partition coefficient (Wildman–Crippen LogP) is 2.73. The number of amides is 6. The van der Waals surface area contributed by atoms with Crippen molar-refractivity contribution in [2.75, 3.05) is 18.4 Å². The lowest BCUT2D eigenvalue weighted by atomic mass is 9.88. The van der Waals surface area contributed by atoms with E-state index in [0.29, 0.717) is 50.8 Å². The van der Waals surface area contributed by atoms with Crippen molar-refractivity contribution < 1.29 is 38.3 Å². The summed E-state index contributed by atoms with van der Waals surface area (Å²) in [6.45, 7) is 5.74. The monoisotopic (exact) mass is 627 g/mol. The number of ether oxygens (including phenoxy) is 1. The second kappa shape index (κ2) is 19.0. The van der Waals surface area contributed by atoms with Gasteiger partial charge in [-0.3, -0.25) is 33.7 Å². The van der Waals surface area contributed by atoms with Gasteiger partial charge in [-0.15, -0.1) is 0 Å². The molecule has 0 unspecified atom stereocenters. The van der Waals surface area contributed by atoms with Crippen LogP contribution in [-0.4, -0.2) is 65.4 Å². The fourth-order valence-corrected chi connectivity index (χ4v) is 4.79. The maximum absolute atomic E-state index is 13.4. The van der Waals surface area contributed by atoms with Crippen molar-refractivity contribution in [2.24, 2.45) is 17.6 Å². The first kappa shape index (κ1) is 36.6. The topological polar surface area (TPSA) is 194 Å². The number of hydrogen-bond donors (Lipinski definition) is 4. The van der Waals surface area contributed by atoms with Crippen molar-refractivity contribution in [3.05, 3.63) is 42.0 Å². The van der Waals surface area contributed by atoms with E-state index in [-0.39, 0.29) is 55.4 Å². The van der Waals surface area contributed by atoms with Gasteiger partial charge in [0.1, 0.15) is 18.4 Å². The van der Waals surface area contributed by atoms with Crippen molar-refractivity contribution in [1.29, 1.82) is 0 Å². The lowest BCUT2D eigenvalue weighted by molar-refractivity contribution is -0.142. The molecule has 246 valence electrons. The maximum Gasteiger partial charge on any atom is 0.312 e. The Kier molecular flexibility index (Phi) is 15.4. The second-order valence-electron chi connectivity index (χ2n) is 11.4. The molecule has 0 saturated heterocycles. The van der Waals surface area contributed by atoms with Gasteiger partial charge in [0.2, 0.25) is 11.8 Å². The maximum atomic E-state index is 13.4. The highest BCUT2D eigenvalue weighted by Gasteiger charge is 2.28. The fourth-order valence-electron chi connectivity index (χ4n) is 4.79. The Morgan fingerprint density at radius 1 is 0.867 bits per heavy atom. The summed E-state index contributed by atoms with van der Waals surface area (Å²) in [5, 5.41) is 8.10. The largest absolute Gasteiger partial charge is 0.461 e. The fraction of sp³-hybridized carbons (Fsp3) is 0.531. The van der Waals surface area contributed by atoms with Crippen molar-refractivity contribution in [3.8, 4) is 0 Å². The molecule has 45 heavy (non-hydrogen) atoms. The van der Waals surface area contributed by atoms with Crippen LogP contribution in [0.5, 0.6) is 0 Å². The molecule has 1 aliphatic rings. The summed E-state index contributed by atoms with van der Waals surface area (Å²) in [6.07, 6.45) is 5.90. The minimum absolute atomic E-state index is 0.0208. The average molecular weight is 628 g/mol. The third-order valence-electron chi connectivity index (χ3n) is 7.38. The number of nitrogens with zero attached hydrogens (tertiary/aromatic N) is 1. The summed E-state index contributed by atoms with van der Waals surface area (Å²) in [4.78, 5) is 85.7. The van der Waals surface area contributed by atoms with Crippen LogP contribution in [0.2, 0.25) is 0 Å². The van der Waals surface area contributed by atoms with Gasteiger partial charge in [0.15, 0.2) is 0 Å². The van der Waals surface area contributed by atoms with Crippen molar-refractivity contribution >= 4 is 47.1 Å². The molecule has 0 spiro atoms. The minimum atomic E-state index is -0.908. The van der Waals surface area contributed by atoms with Crippen molar-refractivity contribution in [3.63, 3.8) is 0 Å². The van der Waals surface area contributed by atoms with Crippen LogP contribution in [0, 0.1) is 11.8 Å². The number of rotatable bonds is 20. The first-order valence-electron chi connectivity index (χ1n) is 15.3. The quantitative estimate of drug-likeness (QED) is 0.0962. The Balaban J connectivity index is 1.90. The van der Waals surface area contributed by atoms with Crippen molar-refractivity contribution in [1.82, 2.24) is 15.5 Å². The van der Waals surface area contributed by atoms with E-state index in [1.807, 2.05) is 13.8 Å². The smallest absolute Gasteiger partial charge is 0.312 e. The Morgan fingerprint density at radius 2 is 1.53 bits per heavy atom. The number of imide groups is 1. The molecule has 0 aliphatic carbocycles. The summed E-state index contributed by atoms with van der Waals surface area (Å²) < 4.78 is 4.97. The van der Waals surface area contributed by atoms with Crippen LogP contribution in [0.3, 0.4) is 0 Å². The van der Waals surface area contributed by atoms with Gasteiger partial charge < -0.3 is 26.4 Å². The zero-order valence-corrected chi connectivity index (χ0v) is 26.3. The van der Waals surface area contributed by atoms with Crippen LogP contribution in [0.15, 0.2) is 36.4 Å². The van der Waals surface area contributed by atoms with Gasteiger partial charge in [0.05, 0.1) is 0 Å². The van der Waals surface area contributed by atoms with E-state index in [0.717, 1.165) is 5.56 Å². The summed E-state index contributed by atoms with van der Waals surface area (Å²) in [5.41, 5.74) is 6.36. The Bertz CT molecular complexity index is 1230. The van der Waals surface area contributed by atoms with E-state index >= 15 is 0 Å². The molecule has 6 amide bonds. The van der Waals surface area contributed by atoms with Crippen LogP contribution in [0.1, 0.15) is 77.7 Å². The van der Waals surface area contributed by atoms with E-state index in [4.69, 9.17) is 10.5 Å². The Hall–Kier alpha value is -4.55. The third kappa shape index (κ3) is 13.7. The van der Waals surface area contributed by atoms with Gasteiger partial charge in [0, 0.05) is 56.6 Å². The predicted molar refractivity (Wildman–Crippen MR) is 166 cm³/mol. The number of nitrogens with one attached hydrogen (secondary N) is 3. The van der Waals surface area contributed by atoms with E-state index in [1.54, 1.807) is 24.3 Å². The number of hydrogen-bond acceptors (Lipinski definition) is 8. The lowest BCUT2D eigenvalue weighted by Gasteiger charge is -2.24. The van der Waals surface area contributed by atoms with E-state index in [1.165, 1.54) is 24.0 Å². The molecule has 1 aromatic carbocycles. The number of nitrogens with two attached hydrogens (primary N) is 1.